The Labute approximate surface area is 333 Å². The lowest BCUT2D eigenvalue weighted by atomic mass is 9.95. The summed E-state index contributed by atoms with van der Waals surface area (Å²) in [5, 5.41) is 0. The lowest BCUT2D eigenvalue weighted by Crippen LogP contribution is -2.19. The van der Waals surface area contributed by atoms with Crippen molar-refractivity contribution in [1.29, 1.82) is 0 Å². The van der Waals surface area contributed by atoms with Crippen LogP contribution < -0.4 is 4.74 Å². The van der Waals surface area contributed by atoms with Gasteiger partial charge in [0.15, 0.2) is 0 Å². The molecule has 0 heterocycles. The maximum absolute atomic E-state index is 15.6. The highest BCUT2D eigenvalue weighted by Gasteiger charge is 2.32. The largest absolute Gasteiger partial charge is 0.457 e. The molecule has 0 amide bonds. The number of aryl methyl sites for hydroxylation is 2. The van der Waals surface area contributed by atoms with E-state index in [1.807, 2.05) is 0 Å². The zero-order valence-corrected chi connectivity index (χ0v) is 31.5. The highest BCUT2D eigenvalue weighted by atomic mass is 19.4. The van der Waals surface area contributed by atoms with Gasteiger partial charge in [-0.05, 0) is 71.5 Å². The van der Waals surface area contributed by atoms with E-state index in [9.17, 15) is 35.1 Å². The van der Waals surface area contributed by atoms with E-state index in [0.717, 1.165) is 11.1 Å². The third kappa shape index (κ3) is 11.3. The first-order valence-electron chi connectivity index (χ1n) is 18.2. The summed E-state index contributed by atoms with van der Waals surface area (Å²) in [6.07, 6.45) is -15.1. The van der Waals surface area contributed by atoms with Crippen molar-refractivity contribution in [3.63, 3.8) is 0 Å². The van der Waals surface area contributed by atoms with Gasteiger partial charge >= 0.3 is 12.4 Å². The van der Waals surface area contributed by atoms with Crippen LogP contribution in [0, 0.1) is 25.5 Å². The second-order valence-corrected chi connectivity index (χ2v) is 13.9. The van der Waals surface area contributed by atoms with Crippen molar-refractivity contribution in [2.24, 2.45) is 0 Å². The summed E-state index contributed by atoms with van der Waals surface area (Å²) in [6.45, 7) is -0.305. The number of rotatable bonds is 14. The Morgan fingerprint density at radius 2 is 0.864 bits per heavy atom. The van der Waals surface area contributed by atoms with E-state index in [1.54, 1.807) is 86.6 Å². The van der Waals surface area contributed by atoms with E-state index < -0.39 is 49.9 Å². The SMILES string of the molecule is Cc1ccc(-c2ccc(Cc3c(Oc4cccc(C(F)OCC(F)(F)F)c4Cc4ccc(-c5ccc(C)cc5F)cc4)cccc3C(F)OCC(F)(F)F)cc2)c(F)c1. The minimum Gasteiger partial charge on any atom is -0.457 e. The molecule has 0 saturated carbocycles. The first-order chi connectivity index (χ1) is 27.9. The molecule has 0 aromatic heterocycles. The van der Waals surface area contributed by atoms with E-state index in [0.29, 0.717) is 33.4 Å². The molecule has 2 atom stereocenters. The highest BCUT2D eigenvalue weighted by Crippen LogP contribution is 2.40. The van der Waals surface area contributed by atoms with Gasteiger partial charge in [-0.1, -0.05) is 97.1 Å². The third-order valence-electron chi connectivity index (χ3n) is 9.38. The molecule has 0 aliphatic rings. The summed E-state index contributed by atoms with van der Waals surface area (Å²) in [4.78, 5) is 0. The molecule has 2 unspecified atom stereocenters. The van der Waals surface area contributed by atoms with Crippen LogP contribution in [0.15, 0.2) is 121 Å². The van der Waals surface area contributed by atoms with Crippen LogP contribution in [0.1, 0.15) is 57.2 Å². The van der Waals surface area contributed by atoms with Crippen LogP contribution >= 0.6 is 0 Å². The molecule has 0 bridgehead atoms. The van der Waals surface area contributed by atoms with Crippen LogP contribution in [0.3, 0.4) is 0 Å². The van der Waals surface area contributed by atoms with Gasteiger partial charge in [-0.2, -0.15) is 26.3 Å². The molecular formula is C46H36F10O3. The van der Waals surface area contributed by atoms with Gasteiger partial charge in [-0.25, -0.2) is 17.6 Å². The molecule has 3 nitrogen and oxygen atoms in total. The first-order valence-corrected chi connectivity index (χ1v) is 18.2. The fraction of sp³-hybridized carbons (Fsp3) is 0.217. The van der Waals surface area contributed by atoms with Gasteiger partial charge in [-0.3, -0.25) is 0 Å². The van der Waals surface area contributed by atoms with Gasteiger partial charge < -0.3 is 14.2 Å². The topological polar surface area (TPSA) is 27.7 Å². The van der Waals surface area contributed by atoms with E-state index in [1.165, 1.54) is 48.5 Å². The molecule has 0 saturated heterocycles. The van der Waals surface area contributed by atoms with Gasteiger partial charge in [0.05, 0.1) is 0 Å². The van der Waals surface area contributed by atoms with E-state index in [-0.39, 0.29) is 46.6 Å². The second-order valence-electron chi connectivity index (χ2n) is 13.9. The van der Waals surface area contributed by atoms with Crippen molar-refractivity contribution < 1.29 is 58.1 Å². The number of ether oxygens (including phenoxy) is 3. The Balaban J connectivity index is 1.39. The van der Waals surface area contributed by atoms with Gasteiger partial charge in [-0.15, -0.1) is 0 Å². The normalized spacial score (nSPS) is 13.0. The predicted molar refractivity (Wildman–Crippen MR) is 203 cm³/mol. The molecule has 308 valence electrons. The number of hydrogen-bond donors (Lipinski definition) is 0. The monoisotopic (exact) mass is 826 g/mol. The minimum atomic E-state index is -4.85. The number of alkyl halides is 8. The summed E-state index contributed by atoms with van der Waals surface area (Å²) in [6, 6.07) is 30.4. The van der Waals surface area contributed by atoms with Crippen molar-refractivity contribution in [1.82, 2.24) is 0 Å². The molecule has 0 aliphatic carbocycles. The average molecular weight is 827 g/mol. The third-order valence-corrected chi connectivity index (χ3v) is 9.38. The van der Waals surface area contributed by atoms with Gasteiger partial charge in [0.1, 0.15) is 36.3 Å². The highest BCUT2D eigenvalue weighted by molar-refractivity contribution is 5.66. The van der Waals surface area contributed by atoms with E-state index >= 15 is 8.78 Å². The fourth-order valence-electron chi connectivity index (χ4n) is 6.51. The Hall–Kier alpha value is -5.66. The molecule has 6 aromatic carbocycles. The van der Waals surface area contributed by atoms with Crippen molar-refractivity contribution in [2.45, 2.75) is 51.8 Å². The average Bonchev–Trinajstić information content (AvgIpc) is 3.17. The minimum absolute atomic E-state index is 0.0439. The zero-order chi connectivity index (χ0) is 42.5. The van der Waals surface area contributed by atoms with Crippen LogP contribution in [-0.2, 0) is 22.3 Å². The summed E-state index contributed by atoms with van der Waals surface area (Å²) >= 11 is 0. The Morgan fingerprint density at radius 1 is 0.492 bits per heavy atom. The summed E-state index contributed by atoms with van der Waals surface area (Å²) in [5.74, 6) is -1.06. The summed E-state index contributed by atoms with van der Waals surface area (Å²) < 4.78 is 155. The van der Waals surface area contributed by atoms with Crippen molar-refractivity contribution in [2.75, 3.05) is 13.2 Å². The number of halogens is 10. The predicted octanol–water partition coefficient (Wildman–Crippen LogP) is 14.0. The standard InChI is InChI=1S/C46H36F10O3/c1-27-9-19-33(39(47)21-27)31-15-11-29(12-16-31)23-37-35(43(49)57-25-45(51,52)53)5-3-7-41(37)59-42-8-4-6-36(44(50)58-26-46(54,55)56)38(42)24-30-13-17-32(18-14-30)34-20-10-28(2)22-40(34)48/h3-22,43-44H,23-26H2,1-2H3. The molecule has 6 rings (SSSR count). The Kier molecular flexibility index (Phi) is 13.2. The zero-order valence-electron chi connectivity index (χ0n) is 31.5. The van der Waals surface area contributed by atoms with Crippen LogP contribution in [-0.4, -0.2) is 25.6 Å². The first kappa shape index (κ1) is 42.9. The molecule has 0 N–H and O–H groups in total. The molecule has 13 heteroatoms. The van der Waals surface area contributed by atoms with Gasteiger partial charge in [0.25, 0.3) is 0 Å². The second kappa shape index (κ2) is 18.1. The van der Waals surface area contributed by atoms with Gasteiger partial charge in [0.2, 0.25) is 12.7 Å². The van der Waals surface area contributed by atoms with Crippen LogP contribution in [0.2, 0.25) is 0 Å². The Morgan fingerprint density at radius 3 is 1.20 bits per heavy atom. The van der Waals surface area contributed by atoms with Crippen molar-refractivity contribution in [3.05, 3.63) is 177 Å². The molecular weight excluding hydrogens is 790 g/mol. The molecule has 6 aromatic rings. The maximum Gasteiger partial charge on any atom is 0.411 e. The van der Waals surface area contributed by atoms with Crippen LogP contribution in [0.4, 0.5) is 43.9 Å². The Bertz CT molecular complexity index is 2210. The molecule has 0 spiro atoms. The van der Waals surface area contributed by atoms with Crippen molar-refractivity contribution in [3.8, 4) is 33.8 Å². The van der Waals surface area contributed by atoms with E-state index in [4.69, 9.17) is 4.74 Å². The summed E-state index contributed by atoms with van der Waals surface area (Å²) in [7, 11) is 0. The fourth-order valence-corrected chi connectivity index (χ4v) is 6.51. The number of hydrogen-bond acceptors (Lipinski definition) is 3. The maximum atomic E-state index is 15.6. The van der Waals surface area contributed by atoms with E-state index in [2.05, 4.69) is 9.47 Å². The molecule has 0 fully saturated rings. The smallest absolute Gasteiger partial charge is 0.411 e. The van der Waals surface area contributed by atoms with Gasteiger partial charge in [0, 0.05) is 46.2 Å². The molecule has 0 radical (unpaired) electrons. The van der Waals surface area contributed by atoms with Crippen LogP contribution in [0.25, 0.3) is 22.3 Å². The lowest BCUT2D eigenvalue weighted by Gasteiger charge is -2.22. The van der Waals surface area contributed by atoms with Crippen molar-refractivity contribution >= 4 is 0 Å². The van der Waals surface area contributed by atoms with Crippen LogP contribution in [0.5, 0.6) is 11.5 Å². The molecule has 59 heavy (non-hydrogen) atoms. The number of benzene rings is 6. The molecule has 0 aliphatic heterocycles. The summed E-state index contributed by atoms with van der Waals surface area (Å²) in [5.41, 5.74) is 3.65. The quantitative estimate of drug-likeness (QED) is 0.102. The lowest BCUT2D eigenvalue weighted by molar-refractivity contribution is -0.203.